The van der Waals surface area contributed by atoms with E-state index in [0.29, 0.717) is 6.54 Å². The first kappa shape index (κ1) is 15.4. The molecule has 0 spiro atoms. The number of nitrogens with zero attached hydrogens (tertiary/aromatic N) is 3. The molecule has 0 aliphatic heterocycles. The molecule has 0 atom stereocenters. The third kappa shape index (κ3) is 3.39. The van der Waals surface area contributed by atoms with Gasteiger partial charge in [-0.2, -0.15) is 0 Å². The van der Waals surface area contributed by atoms with E-state index in [-0.39, 0.29) is 5.84 Å². The minimum absolute atomic E-state index is 0.105. The minimum Gasteiger partial charge on any atom is -0.384 e. The van der Waals surface area contributed by atoms with E-state index < -0.39 is 0 Å². The molecule has 2 aromatic rings. The summed E-state index contributed by atoms with van der Waals surface area (Å²) < 4.78 is 1.99. The molecule has 1 heterocycles. The van der Waals surface area contributed by atoms with Crippen LogP contribution in [0.15, 0.2) is 35.5 Å². The summed E-state index contributed by atoms with van der Waals surface area (Å²) in [6, 6.07) is 6.02. The van der Waals surface area contributed by atoms with Gasteiger partial charge in [-0.15, -0.1) is 11.8 Å². The zero-order chi connectivity index (χ0) is 15.4. The number of hydrogen-bond acceptors (Lipinski definition) is 4. The van der Waals surface area contributed by atoms with E-state index in [2.05, 4.69) is 16.8 Å². The van der Waals surface area contributed by atoms with E-state index in [9.17, 15) is 0 Å². The van der Waals surface area contributed by atoms with Crippen molar-refractivity contribution < 1.29 is 0 Å². The van der Waals surface area contributed by atoms with Gasteiger partial charge in [-0.25, -0.2) is 4.98 Å². The topological polar surface area (TPSA) is 70.9 Å². The summed E-state index contributed by atoms with van der Waals surface area (Å²) in [7, 11) is 3.97. The molecule has 0 aliphatic rings. The molecular formula is C15H21N5S. The van der Waals surface area contributed by atoms with Crippen molar-refractivity contribution in [3.05, 3.63) is 42.0 Å². The Bertz CT molecular complexity index is 635. The molecular weight excluding hydrogens is 282 g/mol. The lowest BCUT2D eigenvalue weighted by atomic mass is 10.1. The summed E-state index contributed by atoms with van der Waals surface area (Å²) in [6.45, 7) is 2.77. The highest BCUT2D eigenvalue weighted by atomic mass is 32.2. The molecule has 0 fully saturated rings. The van der Waals surface area contributed by atoms with E-state index in [1.165, 1.54) is 0 Å². The molecule has 3 N–H and O–H groups in total. The summed E-state index contributed by atoms with van der Waals surface area (Å²) in [5, 5.41) is 7.90. The van der Waals surface area contributed by atoms with Crippen LogP contribution in [0.25, 0.3) is 0 Å². The number of imidazole rings is 1. The van der Waals surface area contributed by atoms with Crippen molar-refractivity contribution >= 4 is 23.3 Å². The minimum atomic E-state index is 0.105. The number of nitrogen functional groups attached to an aromatic ring is 1. The highest BCUT2D eigenvalue weighted by molar-refractivity contribution is 7.99. The van der Waals surface area contributed by atoms with Crippen molar-refractivity contribution in [2.24, 2.45) is 12.8 Å². The van der Waals surface area contributed by atoms with Crippen LogP contribution >= 0.6 is 11.8 Å². The van der Waals surface area contributed by atoms with Crippen LogP contribution in [0.3, 0.4) is 0 Å². The number of nitrogens with two attached hydrogens (primary N) is 1. The largest absolute Gasteiger partial charge is 0.384 e. The van der Waals surface area contributed by atoms with E-state index in [4.69, 9.17) is 11.1 Å². The van der Waals surface area contributed by atoms with Crippen molar-refractivity contribution in [2.45, 2.75) is 18.4 Å². The van der Waals surface area contributed by atoms with Gasteiger partial charge in [0.1, 0.15) is 11.7 Å². The predicted octanol–water partition coefficient (Wildman–Crippen LogP) is 2.45. The average molecular weight is 303 g/mol. The Morgan fingerprint density at radius 1 is 1.48 bits per heavy atom. The fraction of sp³-hybridized carbons (Fsp3) is 0.333. The summed E-state index contributed by atoms with van der Waals surface area (Å²) in [5.74, 6) is 2.03. The lowest BCUT2D eigenvalue weighted by molar-refractivity contribution is 0.760. The van der Waals surface area contributed by atoms with Gasteiger partial charge in [-0.3, -0.25) is 5.41 Å². The molecule has 0 amide bonds. The molecule has 0 saturated carbocycles. The molecule has 2 rings (SSSR count). The molecule has 0 radical (unpaired) electrons. The third-order valence-electron chi connectivity index (χ3n) is 3.28. The van der Waals surface area contributed by atoms with Crippen LogP contribution in [-0.2, 0) is 13.6 Å². The number of rotatable bonds is 6. The molecule has 0 aliphatic carbocycles. The van der Waals surface area contributed by atoms with Gasteiger partial charge in [-0.1, -0.05) is 13.0 Å². The van der Waals surface area contributed by atoms with E-state index in [1.54, 1.807) is 18.0 Å². The van der Waals surface area contributed by atoms with E-state index in [1.807, 2.05) is 43.1 Å². The van der Waals surface area contributed by atoms with Crippen molar-refractivity contribution in [3.63, 3.8) is 0 Å². The Morgan fingerprint density at radius 3 is 2.81 bits per heavy atom. The normalized spacial score (nSPS) is 10.6. The maximum absolute atomic E-state index is 7.90. The SMILES string of the molecule is CCSc1cccc(N(C)Cc2nccn2C)c1C(=N)N. The monoisotopic (exact) mass is 303 g/mol. The summed E-state index contributed by atoms with van der Waals surface area (Å²) in [4.78, 5) is 7.48. The van der Waals surface area contributed by atoms with Gasteiger partial charge in [0.2, 0.25) is 0 Å². The van der Waals surface area contributed by atoms with Crippen LogP contribution in [0, 0.1) is 5.41 Å². The fourth-order valence-corrected chi connectivity index (χ4v) is 3.07. The molecule has 0 unspecified atom stereocenters. The van der Waals surface area contributed by atoms with Gasteiger partial charge in [-0.05, 0) is 17.9 Å². The molecule has 5 nitrogen and oxygen atoms in total. The predicted molar refractivity (Wildman–Crippen MR) is 89.2 cm³/mol. The molecule has 1 aromatic heterocycles. The van der Waals surface area contributed by atoms with Gasteiger partial charge in [0.05, 0.1) is 12.1 Å². The van der Waals surface area contributed by atoms with Gasteiger partial charge in [0.25, 0.3) is 0 Å². The van der Waals surface area contributed by atoms with Crippen LogP contribution in [-0.4, -0.2) is 28.2 Å². The second kappa shape index (κ2) is 6.67. The number of amidine groups is 1. The number of nitrogens with one attached hydrogen (secondary N) is 1. The highest BCUT2D eigenvalue weighted by Crippen LogP contribution is 2.30. The highest BCUT2D eigenvalue weighted by Gasteiger charge is 2.15. The van der Waals surface area contributed by atoms with E-state index in [0.717, 1.165) is 27.7 Å². The van der Waals surface area contributed by atoms with Gasteiger partial charge >= 0.3 is 0 Å². The van der Waals surface area contributed by atoms with Crippen LogP contribution in [0.5, 0.6) is 0 Å². The third-order valence-corrected chi connectivity index (χ3v) is 4.22. The molecule has 112 valence electrons. The summed E-state index contributed by atoms with van der Waals surface area (Å²) in [5.41, 5.74) is 7.58. The standard InChI is InChI=1S/C15H21N5S/c1-4-21-12-7-5-6-11(14(12)15(16)17)20(3)10-13-18-8-9-19(13)2/h5-9H,4,10H2,1-3H3,(H3,16,17). The zero-order valence-corrected chi connectivity index (χ0v) is 13.4. The summed E-state index contributed by atoms with van der Waals surface area (Å²) in [6.07, 6.45) is 3.72. The summed E-state index contributed by atoms with van der Waals surface area (Å²) >= 11 is 1.70. The van der Waals surface area contributed by atoms with Crippen LogP contribution in [0.4, 0.5) is 5.69 Å². The van der Waals surface area contributed by atoms with Gasteiger partial charge < -0.3 is 15.2 Å². The first-order valence-electron chi connectivity index (χ1n) is 6.82. The Labute approximate surface area is 129 Å². The maximum atomic E-state index is 7.90. The quantitative estimate of drug-likeness (QED) is 0.488. The van der Waals surface area contributed by atoms with Crippen molar-refractivity contribution in [1.29, 1.82) is 5.41 Å². The lowest BCUT2D eigenvalue weighted by Crippen LogP contribution is -2.24. The molecule has 21 heavy (non-hydrogen) atoms. The van der Waals surface area contributed by atoms with Crippen molar-refractivity contribution in [3.8, 4) is 0 Å². The molecule has 6 heteroatoms. The number of anilines is 1. The second-order valence-electron chi connectivity index (χ2n) is 4.81. The average Bonchev–Trinajstić information content (AvgIpc) is 2.84. The Balaban J connectivity index is 2.36. The van der Waals surface area contributed by atoms with E-state index >= 15 is 0 Å². The van der Waals surface area contributed by atoms with Gasteiger partial charge in [0.15, 0.2) is 0 Å². The molecule has 1 aromatic carbocycles. The number of hydrogen-bond donors (Lipinski definition) is 2. The first-order chi connectivity index (χ1) is 10.0. The Morgan fingerprint density at radius 2 is 2.24 bits per heavy atom. The molecule has 0 bridgehead atoms. The second-order valence-corrected chi connectivity index (χ2v) is 6.11. The van der Waals surface area contributed by atoms with Gasteiger partial charge in [0, 0.05) is 37.1 Å². The Kier molecular flexibility index (Phi) is 4.90. The van der Waals surface area contributed by atoms with Crippen molar-refractivity contribution in [1.82, 2.24) is 9.55 Å². The van der Waals surface area contributed by atoms with Crippen LogP contribution < -0.4 is 10.6 Å². The fourth-order valence-electron chi connectivity index (χ4n) is 2.23. The Hall–Kier alpha value is -1.95. The number of thioether (sulfide) groups is 1. The van der Waals surface area contributed by atoms with Crippen molar-refractivity contribution in [2.75, 3.05) is 17.7 Å². The smallest absolute Gasteiger partial charge is 0.127 e. The van der Waals surface area contributed by atoms with Crippen LogP contribution in [0.1, 0.15) is 18.3 Å². The number of aryl methyl sites for hydroxylation is 1. The number of aromatic nitrogens is 2. The van der Waals surface area contributed by atoms with Crippen LogP contribution in [0.2, 0.25) is 0 Å². The number of benzene rings is 1. The lowest BCUT2D eigenvalue weighted by Gasteiger charge is -2.23. The first-order valence-corrected chi connectivity index (χ1v) is 7.80. The maximum Gasteiger partial charge on any atom is 0.127 e. The molecule has 0 saturated heterocycles. The zero-order valence-electron chi connectivity index (χ0n) is 12.6.